The molecule has 1 aliphatic rings. The normalized spacial score (nSPS) is 24.8. The summed E-state index contributed by atoms with van der Waals surface area (Å²) in [4.78, 5) is 11.9. The van der Waals surface area contributed by atoms with Gasteiger partial charge >= 0.3 is 0 Å². The molecule has 0 aromatic heterocycles. The number of β-amino-alcohol motifs (C(OH)–C–C–N with tert-alkyl or cyclic N) is 1. The Hall–Kier alpha value is -0.830. The fourth-order valence-electron chi connectivity index (χ4n) is 1.17. The van der Waals surface area contributed by atoms with Crippen LogP contribution in [0.1, 0.15) is 12.8 Å². The van der Waals surface area contributed by atoms with Crippen molar-refractivity contribution in [2.45, 2.75) is 18.9 Å². The first-order chi connectivity index (χ1) is 5.33. The average Bonchev–Trinajstić information content (AvgIpc) is 2.37. The third kappa shape index (κ3) is 2.72. The van der Waals surface area contributed by atoms with Gasteiger partial charge in [0.15, 0.2) is 0 Å². The molecule has 0 aromatic rings. The van der Waals surface area contributed by atoms with Crippen molar-refractivity contribution >= 4 is 6.29 Å². The molecule has 0 bridgehead atoms. The van der Waals surface area contributed by atoms with Crippen LogP contribution in [-0.4, -0.2) is 35.5 Å². The van der Waals surface area contributed by atoms with E-state index >= 15 is 0 Å². The topological polar surface area (TPSA) is 40.5 Å². The van der Waals surface area contributed by atoms with Crippen LogP contribution >= 0.6 is 0 Å². The second-order valence-corrected chi connectivity index (χ2v) is 2.72. The predicted molar refractivity (Wildman–Crippen MR) is 42.0 cm³/mol. The largest absolute Gasteiger partial charge is 0.391 e. The maximum absolute atomic E-state index is 9.92. The minimum atomic E-state index is -0.184. The highest BCUT2D eigenvalue weighted by molar-refractivity contribution is 5.51. The van der Waals surface area contributed by atoms with E-state index in [1.54, 1.807) is 0 Å². The predicted octanol–water partition coefficient (Wildman–Crippen LogP) is 0.156. The van der Waals surface area contributed by atoms with E-state index < -0.39 is 0 Å². The minimum Gasteiger partial charge on any atom is -0.391 e. The first-order valence-electron chi connectivity index (χ1n) is 3.85. The number of carbonyl (C=O) groups is 1. The van der Waals surface area contributed by atoms with Gasteiger partial charge in [-0.25, -0.2) is 0 Å². The molecule has 1 atom stereocenters. The number of carbonyl (C=O) groups excluding carboxylic acids is 1. The van der Waals surface area contributed by atoms with Gasteiger partial charge in [-0.05, 0) is 12.6 Å². The van der Waals surface area contributed by atoms with Gasteiger partial charge in [-0.1, -0.05) is 6.08 Å². The summed E-state index contributed by atoms with van der Waals surface area (Å²) in [7, 11) is 0. The summed E-state index contributed by atoms with van der Waals surface area (Å²) in [6, 6.07) is 0. The van der Waals surface area contributed by atoms with E-state index in [9.17, 15) is 4.79 Å². The highest BCUT2D eigenvalue weighted by Gasteiger charge is 2.16. The van der Waals surface area contributed by atoms with Crippen LogP contribution in [-0.2, 0) is 4.79 Å². The Labute approximate surface area is 66.3 Å². The zero-order valence-corrected chi connectivity index (χ0v) is 6.44. The lowest BCUT2D eigenvalue weighted by Gasteiger charge is -2.09. The van der Waals surface area contributed by atoms with Gasteiger partial charge in [0.25, 0.3) is 0 Å². The van der Waals surface area contributed by atoms with Gasteiger partial charge in [-0.15, -0.1) is 0 Å². The van der Waals surface area contributed by atoms with Crippen LogP contribution in [0.25, 0.3) is 0 Å². The van der Waals surface area contributed by atoms with Crippen molar-refractivity contribution in [1.82, 2.24) is 4.90 Å². The number of likely N-dealkylation sites (tertiary alicyclic amines) is 1. The molecule has 0 aromatic carbocycles. The molecular weight excluding hydrogens is 142 g/mol. The molecule has 1 rings (SSSR count). The van der Waals surface area contributed by atoms with Crippen LogP contribution in [0.3, 0.4) is 0 Å². The second-order valence-electron chi connectivity index (χ2n) is 2.72. The lowest BCUT2D eigenvalue weighted by molar-refractivity contribution is -0.107. The summed E-state index contributed by atoms with van der Waals surface area (Å²) in [6.07, 6.45) is 5.67. The quantitative estimate of drug-likeness (QED) is 0.590. The first kappa shape index (κ1) is 8.27. The molecule has 1 N–H and O–H groups in total. The number of nitrogens with zero attached hydrogens (tertiary/aromatic N) is 1. The Morgan fingerprint density at radius 3 is 3.00 bits per heavy atom. The van der Waals surface area contributed by atoms with E-state index in [0.29, 0.717) is 13.0 Å². The molecule has 0 aliphatic carbocycles. The summed E-state index contributed by atoms with van der Waals surface area (Å²) in [6.45, 7) is 1.60. The van der Waals surface area contributed by atoms with Crippen LogP contribution in [0, 0.1) is 0 Å². The highest BCUT2D eigenvalue weighted by atomic mass is 16.3. The van der Waals surface area contributed by atoms with Crippen LogP contribution in [0.15, 0.2) is 12.3 Å². The van der Waals surface area contributed by atoms with Crippen molar-refractivity contribution in [3.63, 3.8) is 0 Å². The molecule has 1 heterocycles. The number of aliphatic hydroxyl groups excluding tert-OH is 1. The molecule has 62 valence electrons. The highest BCUT2D eigenvalue weighted by Crippen LogP contribution is 2.08. The Kier molecular flexibility index (Phi) is 3.11. The number of hydrogen-bond donors (Lipinski definition) is 1. The number of aliphatic hydroxyl groups is 1. The van der Waals surface area contributed by atoms with Gasteiger partial charge in [0.1, 0.15) is 6.29 Å². The molecule has 3 nitrogen and oxygen atoms in total. The van der Waals surface area contributed by atoms with Gasteiger partial charge in [0.05, 0.1) is 6.10 Å². The Morgan fingerprint density at radius 1 is 1.64 bits per heavy atom. The van der Waals surface area contributed by atoms with Gasteiger partial charge in [0.2, 0.25) is 0 Å². The summed E-state index contributed by atoms with van der Waals surface area (Å²) in [5.41, 5.74) is 0. The zero-order chi connectivity index (χ0) is 8.10. The summed E-state index contributed by atoms with van der Waals surface area (Å²) >= 11 is 0. The van der Waals surface area contributed by atoms with E-state index in [-0.39, 0.29) is 6.10 Å². The van der Waals surface area contributed by atoms with E-state index in [4.69, 9.17) is 5.11 Å². The van der Waals surface area contributed by atoms with Crippen LogP contribution in [0.2, 0.25) is 0 Å². The average molecular weight is 155 g/mol. The molecule has 1 saturated heterocycles. The molecule has 0 spiro atoms. The second kappa shape index (κ2) is 4.13. The maximum Gasteiger partial charge on any atom is 0.123 e. The van der Waals surface area contributed by atoms with E-state index in [0.717, 1.165) is 19.3 Å². The van der Waals surface area contributed by atoms with Crippen LogP contribution in [0.5, 0.6) is 0 Å². The Bertz CT molecular complexity index is 156. The SMILES string of the molecule is O=CC/C=C/N1CCC(O)C1. The third-order valence-corrected chi connectivity index (χ3v) is 1.74. The van der Waals surface area contributed by atoms with Crippen molar-refractivity contribution in [2.24, 2.45) is 0 Å². The van der Waals surface area contributed by atoms with Gasteiger partial charge in [-0.3, -0.25) is 0 Å². The smallest absolute Gasteiger partial charge is 0.123 e. The molecule has 0 amide bonds. The Morgan fingerprint density at radius 2 is 2.45 bits per heavy atom. The monoisotopic (exact) mass is 155 g/mol. The zero-order valence-electron chi connectivity index (χ0n) is 6.44. The van der Waals surface area contributed by atoms with Crippen molar-refractivity contribution in [3.8, 4) is 0 Å². The fraction of sp³-hybridized carbons (Fsp3) is 0.625. The lowest BCUT2D eigenvalue weighted by atomic mass is 10.3. The van der Waals surface area contributed by atoms with E-state index in [2.05, 4.69) is 0 Å². The molecule has 0 radical (unpaired) electrons. The summed E-state index contributed by atoms with van der Waals surface area (Å²) in [5, 5.41) is 9.11. The first-order valence-corrected chi connectivity index (χ1v) is 3.85. The lowest BCUT2D eigenvalue weighted by Crippen LogP contribution is -2.15. The maximum atomic E-state index is 9.92. The molecular formula is C8H13NO2. The number of aldehydes is 1. The minimum absolute atomic E-state index is 0.184. The van der Waals surface area contributed by atoms with Gasteiger partial charge in [-0.2, -0.15) is 0 Å². The standard InChI is InChI=1S/C8H13NO2/c10-6-2-1-4-9-5-3-8(11)7-9/h1,4,6,8,11H,2-3,5,7H2/b4-1+. The van der Waals surface area contributed by atoms with Crippen molar-refractivity contribution in [2.75, 3.05) is 13.1 Å². The number of hydrogen-bond acceptors (Lipinski definition) is 3. The molecule has 1 unspecified atom stereocenters. The van der Waals surface area contributed by atoms with Crippen molar-refractivity contribution < 1.29 is 9.90 Å². The van der Waals surface area contributed by atoms with Crippen LogP contribution in [0.4, 0.5) is 0 Å². The summed E-state index contributed by atoms with van der Waals surface area (Å²) in [5.74, 6) is 0. The van der Waals surface area contributed by atoms with Gasteiger partial charge in [0, 0.05) is 19.5 Å². The molecule has 0 saturated carbocycles. The van der Waals surface area contributed by atoms with E-state index in [1.807, 2.05) is 17.2 Å². The van der Waals surface area contributed by atoms with Crippen LogP contribution < -0.4 is 0 Å². The molecule has 3 heteroatoms. The molecule has 1 fully saturated rings. The van der Waals surface area contributed by atoms with E-state index in [1.165, 1.54) is 0 Å². The molecule has 1 aliphatic heterocycles. The van der Waals surface area contributed by atoms with Crippen molar-refractivity contribution in [1.29, 1.82) is 0 Å². The van der Waals surface area contributed by atoms with Crippen molar-refractivity contribution in [3.05, 3.63) is 12.3 Å². The fourth-order valence-corrected chi connectivity index (χ4v) is 1.17. The number of allylic oxidation sites excluding steroid dienone is 1. The number of rotatable bonds is 3. The summed E-state index contributed by atoms with van der Waals surface area (Å²) < 4.78 is 0. The third-order valence-electron chi connectivity index (χ3n) is 1.74. The van der Waals surface area contributed by atoms with Gasteiger partial charge < -0.3 is 14.8 Å². The Balaban J connectivity index is 2.22. The molecule has 11 heavy (non-hydrogen) atoms.